The Kier molecular flexibility index (Phi) is 5.15. The molecule has 0 aliphatic heterocycles. The number of hydrogen-bond acceptors (Lipinski definition) is 3. The van der Waals surface area contributed by atoms with Crippen molar-refractivity contribution in [1.29, 1.82) is 0 Å². The molecule has 1 aromatic heterocycles. The second kappa shape index (κ2) is 7.89. The lowest BCUT2D eigenvalue weighted by molar-refractivity contribution is -0.137. The smallest absolute Gasteiger partial charge is 0.304 e. The van der Waals surface area contributed by atoms with Gasteiger partial charge in [0.15, 0.2) is 0 Å². The molecular formula is C23H24N2O3. The van der Waals surface area contributed by atoms with Crippen LogP contribution in [0.15, 0.2) is 54.9 Å². The molecule has 0 saturated carbocycles. The van der Waals surface area contributed by atoms with Gasteiger partial charge in [-0.1, -0.05) is 30.3 Å². The minimum absolute atomic E-state index is 0.000181. The maximum Gasteiger partial charge on any atom is 0.304 e. The van der Waals surface area contributed by atoms with Crippen LogP contribution < -0.4 is 4.74 Å². The second-order valence-corrected chi connectivity index (χ2v) is 7.36. The molecule has 0 spiro atoms. The highest BCUT2D eigenvalue weighted by atomic mass is 16.5. The van der Waals surface area contributed by atoms with E-state index in [9.17, 15) is 9.90 Å². The summed E-state index contributed by atoms with van der Waals surface area (Å²) in [7, 11) is 1.88. The van der Waals surface area contributed by atoms with Crippen LogP contribution in [0.5, 0.6) is 5.75 Å². The maximum atomic E-state index is 11.3. The molecule has 5 nitrogen and oxygen atoms in total. The molecule has 1 aliphatic rings. The van der Waals surface area contributed by atoms with Gasteiger partial charge in [0, 0.05) is 19.4 Å². The van der Waals surface area contributed by atoms with Crippen LogP contribution in [0.25, 0.3) is 0 Å². The molecule has 4 rings (SSSR count). The number of aromatic nitrogens is 2. The van der Waals surface area contributed by atoms with E-state index in [1.54, 1.807) is 6.20 Å². The van der Waals surface area contributed by atoms with E-state index in [2.05, 4.69) is 23.2 Å². The summed E-state index contributed by atoms with van der Waals surface area (Å²) < 4.78 is 7.81. The summed E-state index contributed by atoms with van der Waals surface area (Å²) in [6.45, 7) is 0.532. The Morgan fingerprint density at radius 3 is 2.68 bits per heavy atom. The lowest BCUT2D eigenvalue weighted by Crippen LogP contribution is -2.12. The van der Waals surface area contributed by atoms with E-state index in [0.29, 0.717) is 6.61 Å². The van der Waals surface area contributed by atoms with E-state index in [1.165, 1.54) is 29.5 Å². The standard InChI is InChI=1S/C23H24N2O3/c1-25-12-11-24-23(25)21(14-22(26)27)18-7-9-20(10-8-18)28-15-16-5-6-17-3-2-4-19(17)13-16/h5-13,21H,2-4,14-15H2,1H3,(H,26,27)/t21-/m0/s1. The highest BCUT2D eigenvalue weighted by molar-refractivity contribution is 5.68. The van der Waals surface area contributed by atoms with Crippen molar-refractivity contribution in [3.8, 4) is 5.75 Å². The summed E-state index contributed by atoms with van der Waals surface area (Å²) in [5.41, 5.74) is 5.01. The number of imidazole rings is 1. The molecule has 2 aromatic carbocycles. The Balaban J connectivity index is 1.46. The fourth-order valence-electron chi connectivity index (χ4n) is 3.92. The van der Waals surface area contributed by atoms with Gasteiger partial charge in [-0.2, -0.15) is 0 Å². The molecule has 3 aromatic rings. The van der Waals surface area contributed by atoms with E-state index in [0.717, 1.165) is 23.6 Å². The van der Waals surface area contributed by atoms with Gasteiger partial charge in [0.1, 0.15) is 18.2 Å². The number of aryl methyl sites for hydroxylation is 3. The summed E-state index contributed by atoms with van der Waals surface area (Å²) in [5.74, 6) is 0.389. The molecule has 1 aliphatic carbocycles. The molecule has 0 bridgehead atoms. The van der Waals surface area contributed by atoms with E-state index < -0.39 is 5.97 Å². The molecular weight excluding hydrogens is 352 g/mol. The summed E-state index contributed by atoms with van der Waals surface area (Å²) >= 11 is 0. The molecule has 28 heavy (non-hydrogen) atoms. The zero-order valence-corrected chi connectivity index (χ0v) is 16.0. The molecule has 1 N–H and O–H groups in total. The zero-order chi connectivity index (χ0) is 19.5. The fourth-order valence-corrected chi connectivity index (χ4v) is 3.92. The van der Waals surface area contributed by atoms with Crippen molar-refractivity contribution < 1.29 is 14.6 Å². The topological polar surface area (TPSA) is 64.4 Å². The Morgan fingerprint density at radius 2 is 1.96 bits per heavy atom. The maximum absolute atomic E-state index is 11.3. The Morgan fingerprint density at radius 1 is 1.18 bits per heavy atom. The lowest BCUT2D eigenvalue weighted by Gasteiger charge is -2.16. The number of nitrogens with zero attached hydrogens (tertiary/aromatic N) is 2. The largest absolute Gasteiger partial charge is 0.489 e. The first-order chi connectivity index (χ1) is 13.6. The van der Waals surface area contributed by atoms with Gasteiger partial charge < -0.3 is 14.4 Å². The predicted octanol–water partition coefficient (Wildman–Crippen LogP) is 4.09. The number of fused-ring (bicyclic) bond motifs is 1. The Bertz CT molecular complexity index is 976. The molecule has 1 atom stereocenters. The Hall–Kier alpha value is -3.08. The average Bonchev–Trinajstić information content (AvgIpc) is 3.33. The number of carbonyl (C=O) groups is 1. The van der Waals surface area contributed by atoms with Crippen LogP contribution in [0.2, 0.25) is 0 Å². The third kappa shape index (κ3) is 3.93. The van der Waals surface area contributed by atoms with Gasteiger partial charge in [-0.15, -0.1) is 0 Å². The van der Waals surface area contributed by atoms with Gasteiger partial charge >= 0.3 is 5.97 Å². The SMILES string of the molecule is Cn1ccnc1[C@@H](CC(=O)O)c1ccc(OCc2ccc3c(c2)CCC3)cc1. The second-order valence-electron chi connectivity index (χ2n) is 7.36. The van der Waals surface area contributed by atoms with Crippen molar-refractivity contribution in [2.45, 2.75) is 38.2 Å². The van der Waals surface area contributed by atoms with Crippen LogP contribution in [0, 0.1) is 0 Å². The third-order valence-corrected chi connectivity index (χ3v) is 5.40. The van der Waals surface area contributed by atoms with Crippen LogP contribution >= 0.6 is 0 Å². The number of carboxylic acid groups (broad SMARTS) is 1. The number of hydrogen-bond donors (Lipinski definition) is 1. The summed E-state index contributed by atoms with van der Waals surface area (Å²) in [5, 5.41) is 9.30. The first kappa shape index (κ1) is 18.3. The molecule has 0 radical (unpaired) electrons. The number of aliphatic carboxylic acids is 1. The zero-order valence-electron chi connectivity index (χ0n) is 16.0. The fraction of sp³-hybridized carbons (Fsp3) is 0.304. The van der Waals surface area contributed by atoms with Crippen LogP contribution in [0.3, 0.4) is 0 Å². The molecule has 0 saturated heterocycles. The van der Waals surface area contributed by atoms with Crippen molar-refractivity contribution >= 4 is 5.97 Å². The minimum Gasteiger partial charge on any atom is -0.489 e. The van der Waals surface area contributed by atoms with Gasteiger partial charge in [-0.3, -0.25) is 4.79 Å². The highest BCUT2D eigenvalue weighted by Crippen LogP contribution is 2.29. The molecule has 0 fully saturated rings. The van der Waals surface area contributed by atoms with E-state index >= 15 is 0 Å². The first-order valence-corrected chi connectivity index (χ1v) is 9.62. The van der Waals surface area contributed by atoms with E-state index in [1.807, 2.05) is 42.1 Å². The van der Waals surface area contributed by atoms with Crippen LogP contribution in [0.1, 0.15) is 46.8 Å². The first-order valence-electron chi connectivity index (χ1n) is 9.62. The van der Waals surface area contributed by atoms with Gasteiger partial charge in [0.05, 0.1) is 12.3 Å². The van der Waals surface area contributed by atoms with Crippen LogP contribution in [-0.2, 0) is 31.3 Å². The van der Waals surface area contributed by atoms with Crippen molar-refractivity contribution in [3.63, 3.8) is 0 Å². The summed E-state index contributed by atoms with van der Waals surface area (Å²) in [6, 6.07) is 14.3. The van der Waals surface area contributed by atoms with Crippen molar-refractivity contribution in [1.82, 2.24) is 9.55 Å². The van der Waals surface area contributed by atoms with Gasteiger partial charge in [-0.05, 0) is 53.6 Å². The van der Waals surface area contributed by atoms with Crippen molar-refractivity contribution in [2.75, 3.05) is 0 Å². The molecule has 1 heterocycles. The average molecular weight is 376 g/mol. The quantitative estimate of drug-likeness (QED) is 0.674. The molecule has 5 heteroatoms. The van der Waals surface area contributed by atoms with E-state index in [-0.39, 0.29) is 12.3 Å². The molecule has 0 unspecified atom stereocenters. The van der Waals surface area contributed by atoms with Gasteiger partial charge in [0.2, 0.25) is 0 Å². The van der Waals surface area contributed by atoms with Crippen molar-refractivity contribution in [3.05, 3.63) is 82.9 Å². The summed E-state index contributed by atoms with van der Waals surface area (Å²) in [4.78, 5) is 15.7. The molecule has 0 amide bonds. The minimum atomic E-state index is -0.843. The highest BCUT2D eigenvalue weighted by Gasteiger charge is 2.21. The van der Waals surface area contributed by atoms with Crippen LogP contribution in [-0.4, -0.2) is 20.6 Å². The van der Waals surface area contributed by atoms with Gasteiger partial charge in [0.25, 0.3) is 0 Å². The summed E-state index contributed by atoms with van der Waals surface area (Å²) in [6.07, 6.45) is 7.12. The van der Waals surface area contributed by atoms with Gasteiger partial charge in [-0.25, -0.2) is 4.98 Å². The predicted molar refractivity (Wildman–Crippen MR) is 107 cm³/mol. The monoisotopic (exact) mass is 376 g/mol. The number of carboxylic acids is 1. The van der Waals surface area contributed by atoms with E-state index in [4.69, 9.17) is 4.74 Å². The number of benzene rings is 2. The lowest BCUT2D eigenvalue weighted by atomic mass is 9.94. The van der Waals surface area contributed by atoms with Crippen molar-refractivity contribution in [2.24, 2.45) is 7.05 Å². The molecule has 144 valence electrons. The Labute approximate surface area is 164 Å². The number of rotatable bonds is 7. The third-order valence-electron chi connectivity index (χ3n) is 5.40. The number of ether oxygens (including phenoxy) is 1. The van der Waals surface area contributed by atoms with Crippen LogP contribution in [0.4, 0.5) is 0 Å². The normalized spacial score (nSPS) is 13.9.